The Balaban J connectivity index is 1.65. The second-order valence-corrected chi connectivity index (χ2v) is 9.48. The van der Waals surface area contributed by atoms with Gasteiger partial charge in [-0.1, -0.05) is 30.1 Å². The third-order valence-electron chi connectivity index (χ3n) is 4.52. The molecule has 0 aromatic heterocycles. The molecule has 0 saturated heterocycles. The monoisotopic (exact) mass is 536 g/mol. The van der Waals surface area contributed by atoms with E-state index in [-0.39, 0.29) is 15.7 Å². The van der Waals surface area contributed by atoms with Gasteiger partial charge in [0, 0.05) is 10.6 Å². The van der Waals surface area contributed by atoms with Crippen LogP contribution in [0.15, 0.2) is 70.7 Å². The number of hydrogen-bond donors (Lipinski definition) is 1. The second kappa shape index (κ2) is 11.9. The van der Waals surface area contributed by atoms with Gasteiger partial charge in [0.25, 0.3) is 5.91 Å². The van der Waals surface area contributed by atoms with Gasteiger partial charge in [-0.15, -0.1) is 0 Å². The van der Waals surface area contributed by atoms with Gasteiger partial charge in [-0.3, -0.25) is 4.79 Å². The van der Waals surface area contributed by atoms with Crippen molar-refractivity contribution in [1.29, 1.82) is 0 Å². The van der Waals surface area contributed by atoms with Crippen LogP contribution in [-0.2, 0) is 10.1 Å². The van der Waals surface area contributed by atoms with E-state index in [1.165, 1.54) is 55.8 Å². The molecule has 1 N–H and O–H groups in total. The summed E-state index contributed by atoms with van der Waals surface area (Å²) in [5, 5.41) is 4.36. The fourth-order valence-corrected chi connectivity index (χ4v) is 4.15. The van der Waals surface area contributed by atoms with Crippen molar-refractivity contribution in [2.75, 3.05) is 13.7 Å². The molecule has 0 bridgehead atoms. The topological polar surface area (TPSA) is 103 Å². The van der Waals surface area contributed by atoms with Crippen molar-refractivity contribution in [3.63, 3.8) is 0 Å². The molecule has 0 radical (unpaired) electrons. The molecular weight excluding hydrogens is 515 g/mol. The summed E-state index contributed by atoms with van der Waals surface area (Å²) in [6.45, 7) is 2.52. The van der Waals surface area contributed by atoms with E-state index in [0.717, 1.165) is 6.42 Å². The highest BCUT2D eigenvalue weighted by atomic mass is 35.5. The lowest BCUT2D eigenvalue weighted by atomic mass is 10.2. The molecule has 0 fully saturated rings. The Morgan fingerprint density at radius 3 is 2.37 bits per heavy atom. The number of amides is 1. The minimum Gasteiger partial charge on any atom is -0.493 e. The Kier molecular flexibility index (Phi) is 8.97. The van der Waals surface area contributed by atoms with Crippen LogP contribution in [0.3, 0.4) is 0 Å². The third-order valence-corrected chi connectivity index (χ3v) is 6.32. The van der Waals surface area contributed by atoms with Gasteiger partial charge < -0.3 is 13.7 Å². The molecule has 3 aromatic rings. The number of methoxy groups -OCH3 is 1. The van der Waals surface area contributed by atoms with Crippen molar-refractivity contribution < 1.29 is 26.9 Å². The molecule has 0 aliphatic carbocycles. The number of carbonyl (C=O) groups is 1. The van der Waals surface area contributed by atoms with Crippen LogP contribution in [0.1, 0.15) is 29.3 Å². The van der Waals surface area contributed by atoms with Crippen LogP contribution in [0.5, 0.6) is 17.2 Å². The first-order chi connectivity index (χ1) is 16.7. The maximum atomic E-state index is 12.4. The van der Waals surface area contributed by atoms with Crippen molar-refractivity contribution in [3.05, 3.63) is 81.8 Å². The summed E-state index contributed by atoms with van der Waals surface area (Å²) < 4.78 is 40.9. The maximum Gasteiger partial charge on any atom is 0.339 e. The third kappa shape index (κ3) is 7.11. The van der Waals surface area contributed by atoms with Gasteiger partial charge in [0.15, 0.2) is 17.2 Å². The van der Waals surface area contributed by atoms with Gasteiger partial charge in [-0.25, -0.2) is 5.43 Å². The lowest BCUT2D eigenvalue weighted by Gasteiger charge is -2.11. The summed E-state index contributed by atoms with van der Waals surface area (Å²) in [6.07, 6.45) is 2.20. The average Bonchev–Trinajstić information content (AvgIpc) is 2.84. The first-order valence-corrected chi connectivity index (χ1v) is 12.5. The summed E-state index contributed by atoms with van der Waals surface area (Å²) in [4.78, 5) is 12.4. The summed E-state index contributed by atoms with van der Waals surface area (Å²) >= 11 is 12.0. The molecule has 0 aliphatic heterocycles. The van der Waals surface area contributed by atoms with Gasteiger partial charge in [0.05, 0.1) is 25.0 Å². The van der Waals surface area contributed by atoms with Crippen LogP contribution < -0.4 is 19.1 Å². The van der Waals surface area contributed by atoms with E-state index in [1.807, 2.05) is 6.92 Å². The van der Waals surface area contributed by atoms with E-state index in [1.54, 1.807) is 18.2 Å². The van der Waals surface area contributed by atoms with E-state index in [9.17, 15) is 13.2 Å². The van der Waals surface area contributed by atoms with Crippen LogP contribution in [0.25, 0.3) is 0 Å². The number of hydrazone groups is 1. The molecule has 0 saturated carbocycles. The molecule has 0 atom stereocenters. The standard InChI is InChI=1S/C24H22Cl2N2O6S/c1-3-12-33-22-11-5-17(14-23(22)32-2)24(29)28-27-15-16-4-10-21(20(26)13-16)34-35(30,31)19-8-6-18(25)7-9-19/h4-11,13-15H,3,12H2,1-2H3,(H,28,29)/b27-15+. The molecule has 3 rings (SSSR count). The van der Waals surface area contributed by atoms with Crippen LogP contribution in [0.4, 0.5) is 0 Å². The zero-order chi connectivity index (χ0) is 25.4. The molecular formula is C24H22Cl2N2O6S. The van der Waals surface area contributed by atoms with Crippen LogP contribution in [0, 0.1) is 0 Å². The molecule has 1 amide bonds. The molecule has 8 nitrogen and oxygen atoms in total. The number of hydrogen-bond acceptors (Lipinski definition) is 7. The molecule has 35 heavy (non-hydrogen) atoms. The van der Waals surface area contributed by atoms with Crippen molar-refractivity contribution in [3.8, 4) is 17.2 Å². The predicted molar refractivity (Wildman–Crippen MR) is 135 cm³/mol. The number of ether oxygens (including phenoxy) is 2. The van der Waals surface area contributed by atoms with Crippen LogP contribution in [0.2, 0.25) is 10.0 Å². The molecule has 0 unspecified atom stereocenters. The summed E-state index contributed by atoms with van der Waals surface area (Å²) in [5.41, 5.74) is 3.25. The van der Waals surface area contributed by atoms with Gasteiger partial charge in [-0.2, -0.15) is 13.5 Å². The fourth-order valence-electron chi connectivity index (χ4n) is 2.80. The smallest absolute Gasteiger partial charge is 0.339 e. The summed E-state index contributed by atoms with van der Waals surface area (Å²) in [7, 11) is -2.60. The summed E-state index contributed by atoms with van der Waals surface area (Å²) in [5.74, 6) is 0.470. The van der Waals surface area contributed by atoms with Gasteiger partial charge >= 0.3 is 10.1 Å². The maximum absolute atomic E-state index is 12.4. The minimum atomic E-state index is -4.09. The van der Waals surface area contributed by atoms with Gasteiger partial charge in [-0.05, 0) is 72.6 Å². The van der Waals surface area contributed by atoms with E-state index >= 15 is 0 Å². The molecule has 184 valence electrons. The summed E-state index contributed by atoms with van der Waals surface area (Å²) in [6, 6.07) is 14.7. The molecule has 3 aromatic carbocycles. The fraction of sp³-hybridized carbons (Fsp3) is 0.167. The van der Waals surface area contributed by atoms with Crippen molar-refractivity contribution >= 4 is 45.4 Å². The van der Waals surface area contributed by atoms with E-state index < -0.39 is 16.0 Å². The molecule has 0 spiro atoms. The van der Waals surface area contributed by atoms with E-state index in [2.05, 4.69) is 10.5 Å². The van der Waals surface area contributed by atoms with Crippen LogP contribution >= 0.6 is 23.2 Å². The predicted octanol–water partition coefficient (Wildman–Crippen LogP) is 5.32. The minimum absolute atomic E-state index is 0.0465. The Morgan fingerprint density at radius 1 is 1.00 bits per heavy atom. The molecule has 11 heteroatoms. The Bertz CT molecular complexity index is 1330. The quantitative estimate of drug-likeness (QED) is 0.213. The highest BCUT2D eigenvalue weighted by molar-refractivity contribution is 7.87. The second-order valence-electron chi connectivity index (χ2n) is 7.09. The first-order valence-electron chi connectivity index (χ1n) is 10.4. The number of benzene rings is 3. The Morgan fingerprint density at radius 2 is 1.71 bits per heavy atom. The number of halogens is 2. The van der Waals surface area contributed by atoms with E-state index in [0.29, 0.717) is 34.3 Å². The Hall–Kier alpha value is -3.27. The number of nitrogens with zero attached hydrogens (tertiary/aromatic N) is 1. The highest BCUT2D eigenvalue weighted by Crippen LogP contribution is 2.29. The number of carbonyl (C=O) groups excluding carboxylic acids is 1. The molecule has 0 heterocycles. The first kappa shape index (κ1) is 26.3. The van der Waals surface area contributed by atoms with Crippen molar-refractivity contribution in [2.45, 2.75) is 18.2 Å². The largest absolute Gasteiger partial charge is 0.493 e. The van der Waals surface area contributed by atoms with Crippen molar-refractivity contribution in [1.82, 2.24) is 5.43 Å². The van der Waals surface area contributed by atoms with Crippen molar-refractivity contribution in [2.24, 2.45) is 5.10 Å². The zero-order valence-corrected chi connectivity index (χ0v) is 21.2. The zero-order valence-electron chi connectivity index (χ0n) is 18.8. The van der Waals surface area contributed by atoms with E-state index in [4.69, 9.17) is 36.9 Å². The Labute approximate surface area is 213 Å². The SMILES string of the molecule is CCCOc1ccc(C(=O)N/N=C/c2ccc(OS(=O)(=O)c3ccc(Cl)cc3)c(Cl)c2)cc1OC. The molecule has 0 aliphatic rings. The lowest BCUT2D eigenvalue weighted by Crippen LogP contribution is -2.17. The van der Waals surface area contributed by atoms with Gasteiger partial charge in [0.1, 0.15) is 4.90 Å². The van der Waals surface area contributed by atoms with Crippen LogP contribution in [-0.4, -0.2) is 34.3 Å². The highest BCUT2D eigenvalue weighted by Gasteiger charge is 2.18. The number of rotatable bonds is 10. The average molecular weight is 537 g/mol. The number of nitrogens with one attached hydrogen (secondary N) is 1. The lowest BCUT2D eigenvalue weighted by molar-refractivity contribution is 0.0954. The normalized spacial score (nSPS) is 11.3. The van der Waals surface area contributed by atoms with Gasteiger partial charge in [0.2, 0.25) is 0 Å².